The Balaban J connectivity index is 1.84. The molecule has 1 aromatic rings. The zero-order valence-electron chi connectivity index (χ0n) is 8.63. The highest BCUT2D eigenvalue weighted by molar-refractivity contribution is 9.10. The van der Waals surface area contributed by atoms with E-state index in [1.54, 1.807) is 0 Å². The van der Waals surface area contributed by atoms with Crippen LogP contribution in [0.3, 0.4) is 0 Å². The Morgan fingerprint density at radius 2 is 2.47 bits per heavy atom. The minimum atomic E-state index is 0.0457. The highest BCUT2D eigenvalue weighted by Crippen LogP contribution is 2.36. The van der Waals surface area contributed by atoms with E-state index in [0.717, 1.165) is 21.8 Å². The molecule has 1 unspecified atom stereocenters. The van der Waals surface area contributed by atoms with Gasteiger partial charge in [0, 0.05) is 11.0 Å². The smallest absolute Gasteiger partial charge is 0.262 e. The standard InChI is InChI=1S/C11H14BrNOS/c1-7(8-2-3-8)6-13-11(14)10-9(12)4-5-15-10/h4-5,7-8H,2-3,6H2,1H3,(H,13,14). The molecular formula is C11H14BrNOS. The Kier molecular flexibility index (Phi) is 3.46. The van der Waals surface area contributed by atoms with E-state index in [1.165, 1.54) is 24.2 Å². The molecule has 0 saturated heterocycles. The summed E-state index contributed by atoms with van der Waals surface area (Å²) in [4.78, 5) is 12.5. The van der Waals surface area contributed by atoms with Gasteiger partial charge in [0.1, 0.15) is 4.88 Å². The summed E-state index contributed by atoms with van der Waals surface area (Å²) in [5.74, 6) is 1.51. The van der Waals surface area contributed by atoms with Gasteiger partial charge in [0.2, 0.25) is 0 Å². The average Bonchev–Trinajstić information content (AvgIpc) is 2.98. The first-order valence-corrected chi connectivity index (χ1v) is 6.87. The van der Waals surface area contributed by atoms with Crippen LogP contribution in [-0.4, -0.2) is 12.5 Å². The Morgan fingerprint density at radius 3 is 3.00 bits per heavy atom. The second-order valence-corrected chi connectivity index (χ2v) is 5.89. The predicted octanol–water partition coefficient (Wildman–Crippen LogP) is 3.29. The number of halogens is 1. The topological polar surface area (TPSA) is 29.1 Å². The van der Waals surface area contributed by atoms with Crippen LogP contribution in [-0.2, 0) is 0 Å². The maximum Gasteiger partial charge on any atom is 0.262 e. The minimum Gasteiger partial charge on any atom is -0.351 e. The lowest BCUT2D eigenvalue weighted by atomic mass is 10.1. The monoisotopic (exact) mass is 287 g/mol. The first-order chi connectivity index (χ1) is 7.18. The molecule has 2 nitrogen and oxygen atoms in total. The number of rotatable bonds is 4. The first kappa shape index (κ1) is 11.1. The molecule has 0 aromatic carbocycles. The molecule has 1 saturated carbocycles. The Labute approximate surface area is 102 Å². The summed E-state index contributed by atoms with van der Waals surface area (Å²) in [6.07, 6.45) is 2.67. The van der Waals surface area contributed by atoms with Gasteiger partial charge in [0.25, 0.3) is 5.91 Å². The molecule has 1 aliphatic carbocycles. The fourth-order valence-electron chi connectivity index (χ4n) is 1.62. The number of hydrogen-bond acceptors (Lipinski definition) is 2. The lowest BCUT2D eigenvalue weighted by Crippen LogP contribution is -2.28. The summed E-state index contributed by atoms with van der Waals surface area (Å²) in [7, 11) is 0. The molecule has 1 aliphatic rings. The van der Waals surface area contributed by atoms with Crippen LogP contribution in [0, 0.1) is 11.8 Å². The molecule has 1 heterocycles. The second kappa shape index (κ2) is 4.66. The van der Waals surface area contributed by atoms with Crippen molar-refractivity contribution in [2.24, 2.45) is 11.8 Å². The Morgan fingerprint density at radius 1 is 1.73 bits per heavy atom. The molecule has 1 aromatic heterocycles. The van der Waals surface area contributed by atoms with Crippen molar-refractivity contribution in [3.05, 3.63) is 20.8 Å². The van der Waals surface area contributed by atoms with E-state index in [4.69, 9.17) is 0 Å². The third-order valence-corrected chi connectivity index (χ3v) is 4.67. The van der Waals surface area contributed by atoms with Crippen LogP contribution in [0.15, 0.2) is 15.9 Å². The number of amides is 1. The molecule has 1 N–H and O–H groups in total. The van der Waals surface area contributed by atoms with Gasteiger partial charge in [-0.2, -0.15) is 0 Å². The van der Waals surface area contributed by atoms with Crippen LogP contribution < -0.4 is 5.32 Å². The van der Waals surface area contributed by atoms with Crippen LogP contribution in [0.5, 0.6) is 0 Å². The molecule has 0 radical (unpaired) electrons. The molecule has 0 bridgehead atoms. The summed E-state index contributed by atoms with van der Waals surface area (Å²) in [6.45, 7) is 3.01. The number of hydrogen-bond donors (Lipinski definition) is 1. The van der Waals surface area contributed by atoms with Gasteiger partial charge in [0.05, 0.1) is 0 Å². The van der Waals surface area contributed by atoms with Crippen molar-refractivity contribution in [3.63, 3.8) is 0 Å². The Hall–Kier alpha value is -0.350. The van der Waals surface area contributed by atoms with Crippen molar-refractivity contribution in [1.29, 1.82) is 0 Å². The summed E-state index contributed by atoms with van der Waals surface area (Å²) < 4.78 is 0.893. The van der Waals surface area contributed by atoms with Crippen molar-refractivity contribution >= 4 is 33.2 Å². The fraction of sp³-hybridized carbons (Fsp3) is 0.545. The molecule has 1 atom stereocenters. The zero-order chi connectivity index (χ0) is 10.8. The minimum absolute atomic E-state index is 0.0457. The van der Waals surface area contributed by atoms with Gasteiger partial charge >= 0.3 is 0 Å². The lowest BCUT2D eigenvalue weighted by Gasteiger charge is -2.10. The summed E-state index contributed by atoms with van der Waals surface area (Å²) in [6, 6.07) is 1.91. The number of carbonyl (C=O) groups is 1. The lowest BCUT2D eigenvalue weighted by molar-refractivity contribution is 0.0950. The van der Waals surface area contributed by atoms with Crippen LogP contribution in [0.4, 0.5) is 0 Å². The van der Waals surface area contributed by atoms with Crippen LogP contribution in [0.2, 0.25) is 0 Å². The quantitative estimate of drug-likeness (QED) is 0.905. The van der Waals surface area contributed by atoms with E-state index >= 15 is 0 Å². The molecule has 15 heavy (non-hydrogen) atoms. The summed E-state index contributed by atoms with van der Waals surface area (Å²) in [5.41, 5.74) is 0. The first-order valence-electron chi connectivity index (χ1n) is 5.19. The van der Waals surface area contributed by atoms with Crippen molar-refractivity contribution in [1.82, 2.24) is 5.32 Å². The van der Waals surface area contributed by atoms with Crippen molar-refractivity contribution in [3.8, 4) is 0 Å². The molecule has 4 heteroatoms. The molecule has 1 fully saturated rings. The summed E-state index contributed by atoms with van der Waals surface area (Å²) in [5, 5.41) is 4.91. The second-order valence-electron chi connectivity index (χ2n) is 4.12. The van der Waals surface area contributed by atoms with Gasteiger partial charge in [-0.3, -0.25) is 4.79 Å². The third kappa shape index (κ3) is 2.82. The zero-order valence-corrected chi connectivity index (χ0v) is 11.0. The number of nitrogens with one attached hydrogen (secondary N) is 1. The van der Waals surface area contributed by atoms with Gasteiger partial charge in [-0.1, -0.05) is 6.92 Å². The maximum atomic E-state index is 11.7. The van der Waals surface area contributed by atoms with E-state index in [0.29, 0.717) is 5.92 Å². The fourth-order valence-corrected chi connectivity index (χ4v) is 3.09. The normalized spacial score (nSPS) is 17.5. The highest BCUT2D eigenvalue weighted by Gasteiger charge is 2.28. The van der Waals surface area contributed by atoms with E-state index < -0.39 is 0 Å². The number of thiophene rings is 1. The van der Waals surface area contributed by atoms with Crippen LogP contribution in [0.1, 0.15) is 29.4 Å². The molecule has 82 valence electrons. The van der Waals surface area contributed by atoms with Gasteiger partial charge < -0.3 is 5.32 Å². The van der Waals surface area contributed by atoms with E-state index in [-0.39, 0.29) is 5.91 Å². The molecule has 0 aliphatic heterocycles. The average molecular weight is 288 g/mol. The molecular weight excluding hydrogens is 274 g/mol. The maximum absolute atomic E-state index is 11.7. The largest absolute Gasteiger partial charge is 0.351 e. The molecule has 2 rings (SSSR count). The Bertz CT molecular complexity index is 359. The van der Waals surface area contributed by atoms with Crippen LogP contribution >= 0.6 is 27.3 Å². The van der Waals surface area contributed by atoms with Gasteiger partial charge in [-0.15, -0.1) is 11.3 Å². The van der Waals surface area contributed by atoms with Crippen molar-refractivity contribution in [2.75, 3.05) is 6.54 Å². The van der Waals surface area contributed by atoms with E-state index in [2.05, 4.69) is 28.2 Å². The molecule has 1 amide bonds. The van der Waals surface area contributed by atoms with Crippen molar-refractivity contribution < 1.29 is 4.79 Å². The van der Waals surface area contributed by atoms with Crippen LogP contribution in [0.25, 0.3) is 0 Å². The summed E-state index contributed by atoms with van der Waals surface area (Å²) >= 11 is 4.84. The van der Waals surface area contributed by atoms with E-state index in [9.17, 15) is 4.79 Å². The third-order valence-electron chi connectivity index (χ3n) is 2.83. The van der Waals surface area contributed by atoms with Gasteiger partial charge in [-0.25, -0.2) is 0 Å². The highest BCUT2D eigenvalue weighted by atomic mass is 79.9. The number of carbonyl (C=O) groups excluding carboxylic acids is 1. The SMILES string of the molecule is CC(CNC(=O)c1sccc1Br)C1CC1. The van der Waals surface area contributed by atoms with Gasteiger partial charge in [-0.05, 0) is 52.1 Å². The van der Waals surface area contributed by atoms with E-state index in [1.807, 2.05) is 11.4 Å². The molecule has 0 spiro atoms. The van der Waals surface area contributed by atoms with Crippen molar-refractivity contribution in [2.45, 2.75) is 19.8 Å². The van der Waals surface area contributed by atoms with Gasteiger partial charge in [0.15, 0.2) is 0 Å². The predicted molar refractivity (Wildman–Crippen MR) is 66.2 cm³/mol.